The summed E-state index contributed by atoms with van der Waals surface area (Å²) in [6, 6.07) is 11.7. The minimum absolute atomic E-state index is 0.115. The van der Waals surface area contributed by atoms with Crippen LogP contribution in [0.5, 0.6) is 0 Å². The quantitative estimate of drug-likeness (QED) is 0.860. The molecule has 0 bridgehead atoms. The number of rotatable bonds is 1. The van der Waals surface area contributed by atoms with Crippen LogP contribution in [0.4, 0.5) is 10.1 Å². The summed E-state index contributed by atoms with van der Waals surface area (Å²) in [4.78, 5) is 14.4. The van der Waals surface area contributed by atoms with E-state index < -0.39 is 5.82 Å². The Labute approximate surface area is 130 Å². The van der Waals surface area contributed by atoms with E-state index in [1.807, 2.05) is 24.3 Å². The second kappa shape index (κ2) is 5.58. The molecular weight excluding hydrogens is 335 g/mol. The number of hydrogen-bond donors (Lipinski definition) is 1. The smallest absolute Gasteiger partial charge is 0.259 e. The van der Waals surface area contributed by atoms with Crippen molar-refractivity contribution < 1.29 is 9.18 Å². The van der Waals surface area contributed by atoms with Gasteiger partial charge >= 0.3 is 0 Å². The van der Waals surface area contributed by atoms with Crippen LogP contribution in [0.15, 0.2) is 46.9 Å². The molecule has 3 rings (SSSR count). The van der Waals surface area contributed by atoms with Gasteiger partial charge in [0.1, 0.15) is 5.82 Å². The first-order valence-electron chi connectivity index (χ1n) is 6.66. The number of fused-ring (bicyclic) bond motifs is 1. The average molecular weight is 349 g/mol. The van der Waals surface area contributed by atoms with E-state index >= 15 is 0 Å². The van der Waals surface area contributed by atoms with Crippen molar-refractivity contribution in [1.82, 2.24) is 0 Å². The van der Waals surface area contributed by atoms with Crippen molar-refractivity contribution in [2.45, 2.75) is 12.5 Å². The summed E-state index contributed by atoms with van der Waals surface area (Å²) >= 11 is 3.31. The monoisotopic (exact) mass is 348 g/mol. The van der Waals surface area contributed by atoms with E-state index in [0.717, 1.165) is 17.7 Å². The molecule has 2 N–H and O–H groups in total. The summed E-state index contributed by atoms with van der Waals surface area (Å²) in [5.74, 6) is -0.680. The number of carbonyl (C=O) groups excluding carboxylic acids is 1. The number of halogens is 2. The third-order valence-corrected chi connectivity index (χ3v) is 4.28. The number of nitrogens with zero attached hydrogens (tertiary/aromatic N) is 1. The van der Waals surface area contributed by atoms with Crippen molar-refractivity contribution in [3.8, 4) is 0 Å². The minimum atomic E-state index is -0.434. The predicted octanol–water partition coefficient (Wildman–Crippen LogP) is 3.12. The van der Waals surface area contributed by atoms with Crippen LogP contribution in [0.25, 0.3) is 0 Å². The Morgan fingerprint density at radius 2 is 2.05 bits per heavy atom. The molecule has 5 heteroatoms. The van der Waals surface area contributed by atoms with Crippen LogP contribution in [0.1, 0.15) is 15.9 Å². The van der Waals surface area contributed by atoms with Crippen molar-refractivity contribution >= 4 is 27.5 Å². The zero-order chi connectivity index (χ0) is 15.0. The molecule has 3 nitrogen and oxygen atoms in total. The summed E-state index contributed by atoms with van der Waals surface area (Å²) in [7, 11) is 0. The molecule has 1 atom stereocenters. The fourth-order valence-electron chi connectivity index (χ4n) is 2.63. The van der Waals surface area contributed by atoms with Crippen molar-refractivity contribution in [1.29, 1.82) is 0 Å². The van der Waals surface area contributed by atoms with Gasteiger partial charge in [-0.3, -0.25) is 4.79 Å². The lowest BCUT2D eigenvalue weighted by molar-refractivity contribution is 0.0982. The Balaban J connectivity index is 2.04. The number of carbonyl (C=O) groups is 1. The second-order valence-electron chi connectivity index (χ2n) is 5.13. The van der Waals surface area contributed by atoms with Gasteiger partial charge < -0.3 is 10.6 Å². The predicted molar refractivity (Wildman–Crippen MR) is 83.9 cm³/mol. The highest BCUT2D eigenvalue weighted by Gasteiger charge is 2.28. The molecule has 1 unspecified atom stereocenters. The summed E-state index contributed by atoms with van der Waals surface area (Å²) in [5.41, 5.74) is 8.24. The van der Waals surface area contributed by atoms with Crippen molar-refractivity contribution in [3.05, 3.63) is 63.9 Å². The Kier molecular flexibility index (Phi) is 3.78. The molecule has 1 heterocycles. The highest BCUT2D eigenvalue weighted by molar-refractivity contribution is 9.10. The van der Waals surface area contributed by atoms with Crippen molar-refractivity contribution in [2.75, 3.05) is 11.4 Å². The lowest BCUT2D eigenvalue weighted by Crippen LogP contribution is -2.46. The topological polar surface area (TPSA) is 46.3 Å². The van der Waals surface area contributed by atoms with Crippen LogP contribution in [-0.2, 0) is 6.42 Å². The van der Waals surface area contributed by atoms with Crippen molar-refractivity contribution in [3.63, 3.8) is 0 Å². The molecule has 1 aliphatic heterocycles. The molecular formula is C16H14BrFN2O. The molecule has 1 amide bonds. The maximum atomic E-state index is 13.4. The van der Waals surface area contributed by atoms with Gasteiger partial charge in [-0.2, -0.15) is 0 Å². The number of para-hydroxylation sites is 1. The van der Waals surface area contributed by atoms with Gasteiger partial charge in [-0.1, -0.05) is 18.2 Å². The van der Waals surface area contributed by atoms with Crippen LogP contribution in [0.2, 0.25) is 0 Å². The highest BCUT2D eigenvalue weighted by Crippen LogP contribution is 2.29. The van der Waals surface area contributed by atoms with Gasteiger partial charge in [0.25, 0.3) is 5.91 Å². The van der Waals surface area contributed by atoms with Gasteiger partial charge in [0.15, 0.2) is 0 Å². The maximum absolute atomic E-state index is 13.4. The SMILES string of the molecule is NC1Cc2ccccc2N(C(=O)c2cc(F)ccc2Br)C1. The third-order valence-electron chi connectivity index (χ3n) is 3.59. The molecule has 0 radical (unpaired) electrons. The normalized spacial score (nSPS) is 17.5. The number of benzene rings is 2. The zero-order valence-electron chi connectivity index (χ0n) is 11.2. The summed E-state index contributed by atoms with van der Waals surface area (Å²) in [6.45, 7) is 0.429. The van der Waals surface area contributed by atoms with Crippen LogP contribution in [0, 0.1) is 5.82 Å². The van der Waals surface area contributed by atoms with E-state index in [-0.39, 0.29) is 11.9 Å². The maximum Gasteiger partial charge on any atom is 0.259 e. The van der Waals surface area contributed by atoms with E-state index in [9.17, 15) is 9.18 Å². The number of hydrogen-bond acceptors (Lipinski definition) is 2. The Morgan fingerprint density at radius 1 is 1.29 bits per heavy atom. The Bertz CT molecular complexity index is 704. The number of nitrogens with two attached hydrogens (primary N) is 1. The summed E-state index contributed by atoms with van der Waals surface area (Å²) < 4.78 is 14.0. The van der Waals surface area contributed by atoms with Crippen molar-refractivity contribution in [2.24, 2.45) is 5.73 Å². The molecule has 0 aliphatic carbocycles. The van der Waals surface area contributed by atoms with Crippen LogP contribution in [-0.4, -0.2) is 18.5 Å². The van der Waals surface area contributed by atoms with Gasteiger partial charge in [0.2, 0.25) is 0 Å². The largest absolute Gasteiger partial charge is 0.326 e. The first kappa shape index (κ1) is 14.2. The molecule has 0 saturated heterocycles. The van der Waals surface area contributed by atoms with Crippen LogP contribution < -0.4 is 10.6 Å². The van der Waals surface area contributed by atoms with E-state index in [1.165, 1.54) is 12.1 Å². The van der Waals surface area contributed by atoms with Gasteiger partial charge in [-0.05, 0) is 52.2 Å². The van der Waals surface area contributed by atoms with Crippen LogP contribution >= 0.6 is 15.9 Å². The molecule has 0 fully saturated rings. The molecule has 0 spiro atoms. The number of anilines is 1. The van der Waals surface area contributed by atoms with Gasteiger partial charge in [0.05, 0.1) is 5.56 Å². The lowest BCUT2D eigenvalue weighted by Gasteiger charge is -2.33. The molecule has 2 aromatic carbocycles. The molecule has 0 aromatic heterocycles. The average Bonchev–Trinajstić information content (AvgIpc) is 2.48. The van der Waals surface area contributed by atoms with Gasteiger partial charge in [-0.25, -0.2) is 4.39 Å². The lowest BCUT2D eigenvalue weighted by atomic mass is 9.97. The first-order chi connectivity index (χ1) is 10.1. The van der Waals surface area contributed by atoms with E-state index in [2.05, 4.69) is 15.9 Å². The highest BCUT2D eigenvalue weighted by atomic mass is 79.9. The fourth-order valence-corrected chi connectivity index (χ4v) is 3.04. The Hall–Kier alpha value is -1.72. The summed E-state index contributed by atoms with van der Waals surface area (Å²) in [5, 5.41) is 0. The number of amides is 1. The molecule has 1 aliphatic rings. The minimum Gasteiger partial charge on any atom is -0.326 e. The standard InChI is InChI=1S/C16H14BrFN2O/c17-14-6-5-11(18)8-13(14)16(21)20-9-12(19)7-10-3-1-2-4-15(10)20/h1-6,8,12H,7,9,19H2. The molecule has 2 aromatic rings. The van der Waals surface area contributed by atoms with E-state index in [1.54, 1.807) is 11.0 Å². The molecule has 108 valence electrons. The second-order valence-corrected chi connectivity index (χ2v) is 5.99. The molecule has 21 heavy (non-hydrogen) atoms. The Morgan fingerprint density at radius 3 is 2.86 bits per heavy atom. The summed E-state index contributed by atoms with van der Waals surface area (Å²) in [6.07, 6.45) is 0.740. The zero-order valence-corrected chi connectivity index (χ0v) is 12.8. The first-order valence-corrected chi connectivity index (χ1v) is 7.46. The third kappa shape index (κ3) is 2.71. The van der Waals surface area contributed by atoms with Gasteiger partial charge in [-0.15, -0.1) is 0 Å². The van der Waals surface area contributed by atoms with Crippen LogP contribution in [0.3, 0.4) is 0 Å². The van der Waals surface area contributed by atoms with Gasteiger partial charge in [0, 0.05) is 22.7 Å². The fraction of sp³-hybridized carbons (Fsp3) is 0.188. The van der Waals surface area contributed by atoms with E-state index in [4.69, 9.17) is 5.73 Å². The molecule has 0 saturated carbocycles. The van der Waals surface area contributed by atoms with E-state index in [0.29, 0.717) is 16.6 Å².